The molecule has 0 atom stereocenters. The fourth-order valence-corrected chi connectivity index (χ4v) is 3.64. The van der Waals surface area contributed by atoms with Gasteiger partial charge >= 0.3 is 0 Å². The highest BCUT2D eigenvalue weighted by Gasteiger charge is 2.13. The molecular formula is C21H25N5O. The molecule has 140 valence electrons. The van der Waals surface area contributed by atoms with Gasteiger partial charge < -0.3 is 10.2 Å². The first-order valence-corrected chi connectivity index (χ1v) is 9.66. The molecule has 0 unspecified atom stereocenters. The Balaban J connectivity index is 1.59. The van der Waals surface area contributed by atoms with Crippen LogP contribution in [0.4, 0.5) is 5.82 Å². The van der Waals surface area contributed by atoms with Crippen LogP contribution in [0.25, 0.3) is 11.0 Å². The number of nitrogens with zero attached hydrogens (tertiary/aromatic N) is 4. The van der Waals surface area contributed by atoms with Crippen molar-refractivity contribution < 1.29 is 0 Å². The standard InChI is InChI=1S/C21H25N5O/c27-21-20(23-11-14-25-12-5-2-6-13-25)24-18-9-10-22-15-19(18)26(21)16-17-7-3-1-4-8-17/h1,3-4,7-10,15H,2,5-6,11-14,16H2,(H,23,24). The second-order valence-corrected chi connectivity index (χ2v) is 7.03. The van der Waals surface area contributed by atoms with Crippen LogP contribution in [0.3, 0.4) is 0 Å². The van der Waals surface area contributed by atoms with E-state index in [4.69, 9.17) is 0 Å². The molecule has 1 aliphatic rings. The third-order valence-electron chi connectivity index (χ3n) is 5.10. The zero-order valence-corrected chi connectivity index (χ0v) is 15.5. The summed E-state index contributed by atoms with van der Waals surface area (Å²) >= 11 is 0. The molecule has 3 aromatic rings. The van der Waals surface area contributed by atoms with Gasteiger partial charge in [0.05, 0.1) is 23.8 Å². The third-order valence-corrected chi connectivity index (χ3v) is 5.10. The van der Waals surface area contributed by atoms with E-state index in [0.29, 0.717) is 12.4 Å². The number of aromatic nitrogens is 3. The molecule has 0 saturated carbocycles. The maximum absolute atomic E-state index is 13.1. The Morgan fingerprint density at radius 1 is 1.04 bits per heavy atom. The van der Waals surface area contributed by atoms with Crippen molar-refractivity contribution in [3.63, 3.8) is 0 Å². The molecule has 2 aromatic heterocycles. The molecule has 1 saturated heterocycles. The van der Waals surface area contributed by atoms with Gasteiger partial charge in [-0.3, -0.25) is 14.3 Å². The average molecular weight is 363 g/mol. The predicted molar refractivity (Wildman–Crippen MR) is 108 cm³/mol. The fraction of sp³-hybridized carbons (Fsp3) is 0.381. The maximum Gasteiger partial charge on any atom is 0.294 e. The third kappa shape index (κ3) is 4.17. The number of benzene rings is 1. The summed E-state index contributed by atoms with van der Waals surface area (Å²) in [5, 5.41) is 3.27. The maximum atomic E-state index is 13.1. The Morgan fingerprint density at radius 2 is 1.85 bits per heavy atom. The summed E-state index contributed by atoms with van der Waals surface area (Å²) in [4.78, 5) is 24.3. The van der Waals surface area contributed by atoms with E-state index in [1.807, 2.05) is 36.4 Å². The van der Waals surface area contributed by atoms with Gasteiger partial charge in [0.15, 0.2) is 5.82 Å². The monoisotopic (exact) mass is 363 g/mol. The summed E-state index contributed by atoms with van der Waals surface area (Å²) in [6.07, 6.45) is 7.29. The summed E-state index contributed by atoms with van der Waals surface area (Å²) < 4.78 is 1.76. The van der Waals surface area contributed by atoms with Crippen LogP contribution < -0.4 is 10.9 Å². The van der Waals surface area contributed by atoms with Gasteiger partial charge in [-0.2, -0.15) is 0 Å². The Bertz CT molecular complexity index is 948. The first kappa shape index (κ1) is 17.7. The predicted octanol–water partition coefficient (Wildman–Crippen LogP) is 2.74. The van der Waals surface area contributed by atoms with Crippen LogP contribution >= 0.6 is 0 Å². The molecule has 4 rings (SSSR count). The van der Waals surface area contributed by atoms with Gasteiger partial charge in [-0.25, -0.2) is 4.98 Å². The Hall–Kier alpha value is -2.73. The average Bonchev–Trinajstić information content (AvgIpc) is 2.72. The zero-order valence-electron chi connectivity index (χ0n) is 15.5. The van der Waals surface area contributed by atoms with Crippen molar-refractivity contribution in [1.82, 2.24) is 19.4 Å². The second kappa shape index (κ2) is 8.31. The minimum atomic E-state index is -0.0991. The van der Waals surface area contributed by atoms with E-state index in [1.165, 1.54) is 19.3 Å². The largest absolute Gasteiger partial charge is 0.364 e. The number of rotatable bonds is 6. The molecule has 1 fully saturated rings. The van der Waals surface area contributed by atoms with Crippen molar-refractivity contribution in [1.29, 1.82) is 0 Å². The minimum Gasteiger partial charge on any atom is -0.364 e. The van der Waals surface area contributed by atoms with Crippen molar-refractivity contribution in [2.75, 3.05) is 31.5 Å². The van der Waals surface area contributed by atoms with Crippen molar-refractivity contribution in [2.45, 2.75) is 25.8 Å². The first-order chi connectivity index (χ1) is 13.3. The van der Waals surface area contributed by atoms with Gasteiger partial charge in [0.25, 0.3) is 5.56 Å². The topological polar surface area (TPSA) is 63.1 Å². The fourth-order valence-electron chi connectivity index (χ4n) is 3.64. The van der Waals surface area contributed by atoms with Gasteiger partial charge in [0, 0.05) is 19.3 Å². The van der Waals surface area contributed by atoms with E-state index in [0.717, 1.165) is 42.8 Å². The normalized spacial score (nSPS) is 15.1. The summed E-state index contributed by atoms with van der Waals surface area (Å²) in [5.74, 6) is 0.418. The molecule has 0 aliphatic carbocycles. The van der Waals surface area contributed by atoms with Gasteiger partial charge in [-0.1, -0.05) is 36.8 Å². The van der Waals surface area contributed by atoms with E-state index in [1.54, 1.807) is 17.0 Å². The highest BCUT2D eigenvalue weighted by Crippen LogP contribution is 2.13. The first-order valence-electron chi connectivity index (χ1n) is 9.66. The molecular weight excluding hydrogens is 338 g/mol. The molecule has 0 amide bonds. The lowest BCUT2D eigenvalue weighted by Gasteiger charge is -2.26. The number of likely N-dealkylation sites (tertiary alicyclic amines) is 1. The van der Waals surface area contributed by atoms with E-state index < -0.39 is 0 Å². The minimum absolute atomic E-state index is 0.0991. The summed E-state index contributed by atoms with van der Waals surface area (Å²) in [7, 11) is 0. The number of fused-ring (bicyclic) bond motifs is 1. The molecule has 6 heteroatoms. The summed E-state index contributed by atoms with van der Waals surface area (Å²) in [6.45, 7) is 4.47. The van der Waals surface area contributed by atoms with E-state index in [2.05, 4.69) is 20.2 Å². The summed E-state index contributed by atoms with van der Waals surface area (Å²) in [5.41, 5.74) is 2.52. The number of hydrogen-bond acceptors (Lipinski definition) is 5. The number of anilines is 1. The highest BCUT2D eigenvalue weighted by atomic mass is 16.1. The van der Waals surface area contributed by atoms with Crippen LogP contribution in [0, 0.1) is 0 Å². The molecule has 1 aliphatic heterocycles. The molecule has 1 aromatic carbocycles. The zero-order chi connectivity index (χ0) is 18.5. The van der Waals surface area contributed by atoms with Crippen LogP contribution in [0.15, 0.2) is 53.6 Å². The quantitative estimate of drug-likeness (QED) is 0.730. The highest BCUT2D eigenvalue weighted by molar-refractivity contribution is 5.75. The summed E-state index contributed by atoms with van der Waals surface area (Å²) in [6, 6.07) is 11.9. The molecule has 0 spiro atoms. The van der Waals surface area contributed by atoms with Crippen molar-refractivity contribution in [3.8, 4) is 0 Å². The van der Waals surface area contributed by atoms with Crippen LogP contribution in [0.2, 0.25) is 0 Å². The molecule has 1 N–H and O–H groups in total. The lowest BCUT2D eigenvalue weighted by Crippen LogP contribution is -2.35. The lowest BCUT2D eigenvalue weighted by atomic mass is 10.1. The van der Waals surface area contributed by atoms with Gasteiger partial charge in [-0.05, 0) is 37.6 Å². The van der Waals surface area contributed by atoms with E-state index in [-0.39, 0.29) is 5.56 Å². The van der Waals surface area contributed by atoms with Crippen LogP contribution in [-0.2, 0) is 6.54 Å². The molecule has 0 bridgehead atoms. The second-order valence-electron chi connectivity index (χ2n) is 7.03. The van der Waals surface area contributed by atoms with Crippen molar-refractivity contribution in [2.24, 2.45) is 0 Å². The molecule has 6 nitrogen and oxygen atoms in total. The smallest absolute Gasteiger partial charge is 0.294 e. The SMILES string of the molecule is O=c1c(NCCN2CCCCC2)nc2ccncc2n1Cc1ccccc1. The van der Waals surface area contributed by atoms with Gasteiger partial charge in [0.1, 0.15) is 0 Å². The van der Waals surface area contributed by atoms with Gasteiger partial charge in [-0.15, -0.1) is 0 Å². The number of nitrogens with one attached hydrogen (secondary N) is 1. The van der Waals surface area contributed by atoms with Crippen LogP contribution in [-0.4, -0.2) is 45.6 Å². The Morgan fingerprint density at radius 3 is 2.67 bits per heavy atom. The van der Waals surface area contributed by atoms with Crippen LogP contribution in [0.5, 0.6) is 0 Å². The van der Waals surface area contributed by atoms with E-state index in [9.17, 15) is 4.79 Å². The molecule has 0 radical (unpaired) electrons. The van der Waals surface area contributed by atoms with Crippen molar-refractivity contribution >= 4 is 16.9 Å². The number of pyridine rings is 1. The lowest BCUT2D eigenvalue weighted by molar-refractivity contribution is 0.237. The Labute approximate surface area is 158 Å². The Kier molecular flexibility index (Phi) is 5.44. The number of piperidine rings is 1. The van der Waals surface area contributed by atoms with Crippen molar-refractivity contribution in [3.05, 3.63) is 64.7 Å². The van der Waals surface area contributed by atoms with Crippen LogP contribution in [0.1, 0.15) is 24.8 Å². The molecule has 3 heterocycles. The number of hydrogen-bond donors (Lipinski definition) is 1. The molecule has 27 heavy (non-hydrogen) atoms. The van der Waals surface area contributed by atoms with E-state index >= 15 is 0 Å². The van der Waals surface area contributed by atoms with Gasteiger partial charge in [0.2, 0.25) is 0 Å².